The molecule has 0 saturated heterocycles. The van der Waals surface area contributed by atoms with Crippen LogP contribution in [-0.2, 0) is 20.4 Å². The van der Waals surface area contributed by atoms with Gasteiger partial charge in [-0.25, -0.2) is 9.97 Å². The zero-order chi connectivity index (χ0) is 50.1. The molecule has 0 radical (unpaired) electrons. The van der Waals surface area contributed by atoms with Crippen LogP contribution in [0.2, 0.25) is 0 Å². The van der Waals surface area contributed by atoms with Gasteiger partial charge in [-0.3, -0.25) is 25.2 Å². The minimum atomic E-state index is -4.79. The summed E-state index contributed by atoms with van der Waals surface area (Å²) in [7, 11) is 0. The van der Waals surface area contributed by atoms with E-state index in [4.69, 9.17) is 4.98 Å². The Morgan fingerprint density at radius 1 is 0.710 bits per heavy atom. The molecular weight excluding hydrogens is 924 g/mol. The lowest BCUT2D eigenvalue weighted by Gasteiger charge is -2.24. The van der Waals surface area contributed by atoms with Gasteiger partial charge in [0.1, 0.15) is 29.0 Å². The van der Waals surface area contributed by atoms with E-state index >= 15 is 0 Å². The van der Waals surface area contributed by atoms with Crippen molar-refractivity contribution in [2.75, 3.05) is 10.6 Å². The van der Waals surface area contributed by atoms with Gasteiger partial charge < -0.3 is 14.9 Å². The fraction of sp³-hybridized carbons (Fsp3) is 0.288. The highest BCUT2D eigenvalue weighted by Gasteiger charge is 2.31. The zero-order valence-corrected chi connectivity index (χ0v) is 40.4. The van der Waals surface area contributed by atoms with Crippen molar-refractivity contribution < 1.29 is 37.7 Å². The van der Waals surface area contributed by atoms with Crippen LogP contribution in [0.25, 0.3) is 34.7 Å². The van der Waals surface area contributed by atoms with Gasteiger partial charge in [0.15, 0.2) is 21.8 Å². The number of pyridine rings is 1. The van der Waals surface area contributed by atoms with Gasteiger partial charge in [0.25, 0.3) is 11.8 Å². The summed E-state index contributed by atoms with van der Waals surface area (Å²) in [5.74, 6) is -2.05. The van der Waals surface area contributed by atoms with Crippen molar-refractivity contribution in [3.63, 3.8) is 0 Å². The predicted molar refractivity (Wildman–Crippen MR) is 263 cm³/mol. The quantitative estimate of drug-likeness (QED) is 0.0583. The molecule has 12 nitrogen and oxygen atoms in total. The first kappa shape index (κ1) is 51.1. The highest BCUT2D eigenvalue weighted by molar-refractivity contribution is 7.16. The van der Waals surface area contributed by atoms with E-state index in [9.17, 15) is 43.5 Å². The Bertz CT molecular complexity index is 2920. The predicted octanol–water partition coefficient (Wildman–Crippen LogP) is 13.1. The molecule has 0 unspecified atom stereocenters. The number of benzene rings is 3. The molecular formula is C52H50F3N7O5S2. The number of hydrogen-bond donors (Lipinski definition) is 4. The second-order valence-corrected chi connectivity index (χ2v) is 20.1. The number of alkyl halides is 3. The lowest BCUT2D eigenvalue weighted by molar-refractivity contribution is -0.274. The number of rotatable bonds is 10. The molecule has 3 aromatic heterocycles. The number of anilines is 2. The zero-order valence-electron chi connectivity index (χ0n) is 38.7. The summed E-state index contributed by atoms with van der Waals surface area (Å²) in [5, 5.41) is 46.3. The van der Waals surface area contributed by atoms with E-state index in [2.05, 4.69) is 66.9 Å². The van der Waals surface area contributed by atoms with Crippen LogP contribution in [0.1, 0.15) is 107 Å². The van der Waals surface area contributed by atoms with Crippen LogP contribution in [0.15, 0.2) is 101 Å². The summed E-state index contributed by atoms with van der Waals surface area (Å²) in [6.07, 6.45) is 3.18. The number of aromatic hydroxyl groups is 2. The minimum Gasteiger partial charge on any atom is -0.504 e. The van der Waals surface area contributed by atoms with Crippen molar-refractivity contribution in [1.29, 1.82) is 10.5 Å². The first-order valence-electron chi connectivity index (χ1n) is 21.9. The van der Waals surface area contributed by atoms with E-state index in [1.807, 2.05) is 60.0 Å². The van der Waals surface area contributed by atoms with Crippen molar-refractivity contribution in [1.82, 2.24) is 15.0 Å². The minimum absolute atomic E-state index is 0.0207. The van der Waals surface area contributed by atoms with Gasteiger partial charge in [0.05, 0.1) is 11.4 Å². The third kappa shape index (κ3) is 14.1. The average molecular weight is 974 g/mol. The Kier molecular flexibility index (Phi) is 16.1. The molecule has 356 valence electrons. The second kappa shape index (κ2) is 21.7. The van der Waals surface area contributed by atoms with Crippen LogP contribution in [-0.4, -0.2) is 43.3 Å². The van der Waals surface area contributed by atoms with E-state index in [0.717, 1.165) is 65.2 Å². The monoisotopic (exact) mass is 973 g/mol. The van der Waals surface area contributed by atoms with Crippen LogP contribution in [0.5, 0.6) is 17.2 Å². The number of carbonyl (C=O) groups is 2. The summed E-state index contributed by atoms with van der Waals surface area (Å²) in [6.45, 7) is 12.6. The summed E-state index contributed by atoms with van der Waals surface area (Å²) < 4.78 is 41.6. The molecule has 3 heterocycles. The molecule has 2 amide bonds. The standard InChI is InChI=1S/C26H22F3N3O4S.C26H28N4OS/c27-26(28,29)36-19-9-7-16(8-10-19)22-23(17-4-2-1-3-5-17)37-25(31-22)32-24(35)18(14-30)12-15-6-11-20(33)21(34)13-15;1-25(2,3)21-13-17(14-22(29-21)26(4,5)6)12-19(15-27)23(31)30-24-28-20(16-32-24)18-10-8-7-9-11-18/h6-13,17,33-34H,1-5H2,(H,31,32,35);7-14,16H,1-6H3,(H,28,30,31)/b18-12+;19-12+. The molecule has 17 heteroatoms. The molecule has 69 heavy (non-hydrogen) atoms. The fourth-order valence-electron chi connectivity index (χ4n) is 7.11. The third-order valence-corrected chi connectivity index (χ3v) is 12.6. The van der Waals surface area contributed by atoms with Gasteiger partial charge in [0, 0.05) is 43.6 Å². The van der Waals surface area contributed by atoms with Gasteiger partial charge in [-0.1, -0.05) is 97.2 Å². The average Bonchev–Trinajstić information content (AvgIpc) is 3.96. The fourth-order valence-corrected chi connectivity index (χ4v) is 8.98. The number of nitrogens with one attached hydrogen (secondary N) is 2. The Hall–Kier alpha value is -7.34. The number of phenols is 2. The SMILES string of the molecule is CC(C)(C)c1cc(/C=C(\C#N)C(=O)Nc2nc(-c3ccccc3)cs2)cc(C(C)(C)C)n1.N#C/C(=C\c1ccc(O)c(O)c1)C(=O)Nc1nc(-c2ccc(OC(F)(F)F)cc2)c(C2CCCCC2)s1. The van der Waals surface area contributed by atoms with Crippen LogP contribution in [0, 0.1) is 22.7 Å². The number of halogens is 3. The molecule has 0 spiro atoms. The number of nitriles is 2. The summed E-state index contributed by atoms with van der Waals surface area (Å²) >= 11 is 2.61. The maximum atomic E-state index is 12.8. The van der Waals surface area contributed by atoms with Crippen LogP contribution in [0.4, 0.5) is 23.4 Å². The highest BCUT2D eigenvalue weighted by Crippen LogP contribution is 2.43. The molecule has 1 aliphatic carbocycles. The first-order chi connectivity index (χ1) is 32.6. The number of ether oxygens (including phenoxy) is 1. The molecule has 0 bridgehead atoms. The molecule has 7 rings (SSSR count). The maximum absolute atomic E-state index is 12.8. The lowest BCUT2D eigenvalue weighted by atomic mass is 9.86. The highest BCUT2D eigenvalue weighted by atomic mass is 32.1. The number of thiazole rings is 2. The lowest BCUT2D eigenvalue weighted by Crippen LogP contribution is -2.20. The second-order valence-electron chi connectivity index (χ2n) is 18.2. The van der Waals surface area contributed by atoms with Gasteiger partial charge in [-0.2, -0.15) is 10.5 Å². The molecule has 1 fully saturated rings. The van der Waals surface area contributed by atoms with Crippen molar-refractivity contribution in [2.45, 2.75) is 96.8 Å². The van der Waals surface area contributed by atoms with E-state index in [0.29, 0.717) is 22.0 Å². The largest absolute Gasteiger partial charge is 0.573 e. The third-order valence-electron chi connectivity index (χ3n) is 10.7. The normalized spacial score (nSPS) is 13.6. The molecule has 1 aliphatic rings. The van der Waals surface area contributed by atoms with Crippen molar-refractivity contribution in [2.24, 2.45) is 0 Å². The number of phenolic OH excluding ortho intramolecular Hbond substituents is 2. The molecule has 6 aromatic rings. The first-order valence-corrected chi connectivity index (χ1v) is 23.6. The van der Waals surface area contributed by atoms with Crippen LogP contribution < -0.4 is 15.4 Å². The van der Waals surface area contributed by atoms with Gasteiger partial charge in [-0.05, 0) is 90.6 Å². The van der Waals surface area contributed by atoms with Gasteiger partial charge in [-0.15, -0.1) is 35.8 Å². The molecule has 0 atom stereocenters. The van der Waals surface area contributed by atoms with Gasteiger partial charge >= 0.3 is 6.36 Å². The summed E-state index contributed by atoms with van der Waals surface area (Å²) in [6, 6.07) is 26.8. The van der Waals surface area contributed by atoms with E-state index in [1.165, 1.54) is 71.2 Å². The van der Waals surface area contributed by atoms with Crippen LogP contribution in [0.3, 0.4) is 0 Å². The van der Waals surface area contributed by atoms with E-state index in [-0.39, 0.29) is 50.3 Å². The molecule has 4 N–H and O–H groups in total. The number of aromatic nitrogens is 3. The topological polar surface area (TPSA) is 194 Å². The smallest absolute Gasteiger partial charge is 0.504 e. The van der Waals surface area contributed by atoms with E-state index in [1.54, 1.807) is 6.08 Å². The summed E-state index contributed by atoms with van der Waals surface area (Å²) in [5.41, 5.74) is 5.33. The van der Waals surface area contributed by atoms with E-state index < -0.39 is 18.2 Å². The molecule has 1 saturated carbocycles. The maximum Gasteiger partial charge on any atom is 0.573 e. The van der Waals surface area contributed by atoms with Crippen LogP contribution >= 0.6 is 22.7 Å². The Labute approximate surface area is 406 Å². The number of hydrogen-bond acceptors (Lipinski definition) is 12. The number of carbonyl (C=O) groups excluding carboxylic acids is 2. The number of nitrogens with zero attached hydrogens (tertiary/aromatic N) is 5. The summed E-state index contributed by atoms with van der Waals surface area (Å²) in [4.78, 5) is 40.4. The molecule has 3 aromatic carbocycles. The Morgan fingerprint density at radius 3 is 1.84 bits per heavy atom. The Morgan fingerprint density at radius 2 is 1.29 bits per heavy atom. The van der Waals surface area contributed by atoms with Gasteiger partial charge in [0.2, 0.25) is 0 Å². The van der Waals surface area contributed by atoms with Crippen molar-refractivity contribution in [3.05, 3.63) is 129 Å². The Balaban J connectivity index is 0.000000229. The van der Waals surface area contributed by atoms with Crippen molar-refractivity contribution >= 4 is 56.9 Å². The molecule has 0 aliphatic heterocycles. The van der Waals surface area contributed by atoms with Crippen molar-refractivity contribution in [3.8, 4) is 51.9 Å². The number of amides is 2.